The number of fused-ring (bicyclic) bond motifs is 1. The van der Waals surface area contributed by atoms with Gasteiger partial charge in [-0.15, -0.1) is 0 Å². The second-order valence-electron chi connectivity index (χ2n) is 7.12. The molecule has 0 unspecified atom stereocenters. The Morgan fingerprint density at radius 3 is 2.69 bits per heavy atom. The quantitative estimate of drug-likeness (QED) is 0.670. The standard InChI is InChI=1S/C23H20ClFN2O2/c1-13-9-16(5-6-26-13)15-3-4-17(20(25)12-15)10-18-11-19-22(21(24)14(18)2)29-8-7-27-23(19)28/h3-6,9,11-12H,7-8,10H2,1-2H3,(H,27,28). The highest BCUT2D eigenvalue weighted by Crippen LogP contribution is 2.36. The molecule has 0 saturated heterocycles. The molecule has 2 aromatic carbocycles. The van der Waals surface area contributed by atoms with Gasteiger partial charge in [0.2, 0.25) is 0 Å². The molecule has 3 aromatic rings. The van der Waals surface area contributed by atoms with Gasteiger partial charge in [-0.3, -0.25) is 9.78 Å². The highest BCUT2D eigenvalue weighted by atomic mass is 35.5. The lowest BCUT2D eigenvalue weighted by atomic mass is 9.95. The molecule has 1 aliphatic rings. The molecule has 0 saturated carbocycles. The first-order valence-corrected chi connectivity index (χ1v) is 9.76. The van der Waals surface area contributed by atoms with E-state index in [-0.39, 0.29) is 11.7 Å². The van der Waals surface area contributed by atoms with E-state index >= 15 is 0 Å². The third-order valence-electron chi connectivity index (χ3n) is 5.12. The van der Waals surface area contributed by atoms with Gasteiger partial charge >= 0.3 is 0 Å². The van der Waals surface area contributed by atoms with Gasteiger partial charge in [-0.1, -0.05) is 23.7 Å². The van der Waals surface area contributed by atoms with Crippen molar-refractivity contribution in [2.75, 3.05) is 13.2 Å². The fourth-order valence-corrected chi connectivity index (χ4v) is 3.76. The minimum Gasteiger partial charge on any atom is -0.489 e. The Hall–Kier alpha value is -2.92. The Labute approximate surface area is 173 Å². The minimum absolute atomic E-state index is 0.232. The Morgan fingerprint density at radius 1 is 1.14 bits per heavy atom. The van der Waals surface area contributed by atoms with Crippen LogP contribution < -0.4 is 10.1 Å². The number of carbonyl (C=O) groups excluding carboxylic acids is 1. The fourth-order valence-electron chi connectivity index (χ4n) is 3.48. The smallest absolute Gasteiger partial charge is 0.255 e. The van der Waals surface area contributed by atoms with Crippen molar-refractivity contribution in [2.24, 2.45) is 0 Å². The molecule has 29 heavy (non-hydrogen) atoms. The second-order valence-corrected chi connectivity index (χ2v) is 7.50. The van der Waals surface area contributed by atoms with Crippen molar-refractivity contribution in [1.82, 2.24) is 10.3 Å². The SMILES string of the molecule is Cc1cc(-c2ccc(Cc3cc4c(c(Cl)c3C)OCCNC4=O)c(F)c2)ccn1. The van der Waals surface area contributed by atoms with Gasteiger partial charge in [-0.2, -0.15) is 0 Å². The molecule has 0 atom stereocenters. The van der Waals surface area contributed by atoms with Gasteiger partial charge in [-0.25, -0.2) is 4.39 Å². The van der Waals surface area contributed by atoms with Gasteiger partial charge in [0.15, 0.2) is 5.75 Å². The molecular weight excluding hydrogens is 391 g/mol. The maximum absolute atomic E-state index is 14.9. The molecule has 2 heterocycles. The second kappa shape index (κ2) is 7.84. The molecule has 148 valence electrons. The van der Waals surface area contributed by atoms with Crippen LogP contribution in [0.2, 0.25) is 5.02 Å². The van der Waals surface area contributed by atoms with Crippen LogP contribution >= 0.6 is 11.6 Å². The molecule has 4 rings (SSSR count). The van der Waals surface area contributed by atoms with Crippen molar-refractivity contribution in [3.05, 3.63) is 81.4 Å². The van der Waals surface area contributed by atoms with Crippen molar-refractivity contribution in [2.45, 2.75) is 20.3 Å². The van der Waals surface area contributed by atoms with Crippen LogP contribution in [0.4, 0.5) is 4.39 Å². The molecule has 0 fully saturated rings. The van der Waals surface area contributed by atoms with Crippen LogP contribution in [0, 0.1) is 19.7 Å². The summed E-state index contributed by atoms with van der Waals surface area (Å²) in [5, 5.41) is 3.18. The molecule has 0 spiro atoms. The molecule has 1 aromatic heterocycles. The molecule has 1 amide bonds. The number of aromatic nitrogens is 1. The number of hydrogen-bond acceptors (Lipinski definition) is 3. The maximum atomic E-state index is 14.9. The average Bonchev–Trinajstić information content (AvgIpc) is 2.89. The number of halogens is 2. The number of hydrogen-bond donors (Lipinski definition) is 1. The topological polar surface area (TPSA) is 51.2 Å². The monoisotopic (exact) mass is 410 g/mol. The molecule has 0 bridgehead atoms. The normalized spacial score (nSPS) is 13.3. The highest BCUT2D eigenvalue weighted by molar-refractivity contribution is 6.33. The molecule has 1 N–H and O–H groups in total. The largest absolute Gasteiger partial charge is 0.489 e. The Kier molecular flexibility index (Phi) is 5.24. The lowest BCUT2D eigenvalue weighted by Crippen LogP contribution is -2.24. The van der Waals surface area contributed by atoms with E-state index in [1.54, 1.807) is 18.3 Å². The predicted molar refractivity (Wildman–Crippen MR) is 111 cm³/mol. The molecular formula is C23H20ClFN2O2. The van der Waals surface area contributed by atoms with E-state index in [0.29, 0.717) is 41.5 Å². The molecule has 6 heteroatoms. The number of amides is 1. The van der Waals surface area contributed by atoms with Crippen LogP contribution in [-0.4, -0.2) is 24.0 Å². The van der Waals surface area contributed by atoms with Crippen molar-refractivity contribution in [3.8, 4) is 16.9 Å². The van der Waals surface area contributed by atoms with Gasteiger partial charge in [0.1, 0.15) is 12.4 Å². The number of pyridine rings is 1. The number of carbonyl (C=O) groups is 1. The minimum atomic E-state index is -0.303. The van der Waals surface area contributed by atoms with Gasteiger partial charge in [-0.05, 0) is 65.9 Å². The third kappa shape index (κ3) is 3.83. The molecule has 1 aliphatic heterocycles. The first-order valence-electron chi connectivity index (χ1n) is 9.38. The summed E-state index contributed by atoms with van der Waals surface area (Å²) in [6.45, 7) is 4.54. The number of aryl methyl sites for hydroxylation is 1. The van der Waals surface area contributed by atoms with Crippen LogP contribution in [0.15, 0.2) is 42.6 Å². The van der Waals surface area contributed by atoms with E-state index < -0.39 is 0 Å². The van der Waals surface area contributed by atoms with Crippen LogP contribution in [0.5, 0.6) is 5.75 Å². The summed E-state index contributed by atoms with van der Waals surface area (Å²) in [6.07, 6.45) is 2.04. The summed E-state index contributed by atoms with van der Waals surface area (Å²) in [5.41, 5.74) is 5.09. The highest BCUT2D eigenvalue weighted by Gasteiger charge is 2.23. The van der Waals surface area contributed by atoms with E-state index in [9.17, 15) is 9.18 Å². The number of nitrogens with one attached hydrogen (secondary N) is 1. The van der Waals surface area contributed by atoms with Gasteiger partial charge in [0, 0.05) is 18.3 Å². The van der Waals surface area contributed by atoms with Gasteiger partial charge in [0.25, 0.3) is 5.91 Å². The van der Waals surface area contributed by atoms with Crippen molar-refractivity contribution >= 4 is 17.5 Å². The maximum Gasteiger partial charge on any atom is 0.255 e. The summed E-state index contributed by atoms with van der Waals surface area (Å²) >= 11 is 6.48. The van der Waals surface area contributed by atoms with Crippen LogP contribution in [0.3, 0.4) is 0 Å². The third-order valence-corrected chi connectivity index (χ3v) is 5.57. The van der Waals surface area contributed by atoms with E-state index in [1.807, 2.05) is 32.0 Å². The first kappa shape index (κ1) is 19.4. The van der Waals surface area contributed by atoms with E-state index in [0.717, 1.165) is 27.9 Å². The lowest BCUT2D eigenvalue weighted by Gasteiger charge is -2.15. The number of benzene rings is 2. The summed E-state index contributed by atoms with van der Waals surface area (Å²) in [5.74, 6) is -0.139. The van der Waals surface area contributed by atoms with Crippen molar-refractivity contribution in [1.29, 1.82) is 0 Å². The summed E-state index contributed by atoms with van der Waals surface area (Å²) in [4.78, 5) is 16.5. The number of nitrogens with zero attached hydrogens (tertiary/aromatic N) is 1. The Balaban J connectivity index is 1.69. The van der Waals surface area contributed by atoms with E-state index in [2.05, 4.69) is 10.3 Å². The van der Waals surface area contributed by atoms with Crippen LogP contribution in [-0.2, 0) is 6.42 Å². The lowest BCUT2D eigenvalue weighted by molar-refractivity contribution is 0.0957. The fraction of sp³-hybridized carbons (Fsp3) is 0.217. The molecule has 0 aliphatic carbocycles. The number of rotatable bonds is 3. The molecule has 4 nitrogen and oxygen atoms in total. The molecule has 0 radical (unpaired) electrons. The zero-order chi connectivity index (χ0) is 20.5. The van der Waals surface area contributed by atoms with Crippen LogP contribution in [0.1, 0.15) is 32.7 Å². The summed E-state index contributed by atoms with van der Waals surface area (Å²) < 4.78 is 20.5. The van der Waals surface area contributed by atoms with E-state index in [1.165, 1.54) is 6.07 Å². The Morgan fingerprint density at radius 2 is 1.93 bits per heavy atom. The average molecular weight is 411 g/mol. The summed E-state index contributed by atoms with van der Waals surface area (Å²) in [6, 6.07) is 10.7. The van der Waals surface area contributed by atoms with Crippen molar-refractivity contribution < 1.29 is 13.9 Å². The van der Waals surface area contributed by atoms with Crippen molar-refractivity contribution in [3.63, 3.8) is 0 Å². The Bertz CT molecular complexity index is 1110. The summed E-state index contributed by atoms with van der Waals surface area (Å²) in [7, 11) is 0. The first-order chi connectivity index (χ1) is 13.9. The van der Waals surface area contributed by atoms with Gasteiger partial charge in [0.05, 0.1) is 17.1 Å². The zero-order valence-corrected chi connectivity index (χ0v) is 16.9. The van der Waals surface area contributed by atoms with E-state index in [4.69, 9.17) is 16.3 Å². The van der Waals surface area contributed by atoms with Crippen LogP contribution in [0.25, 0.3) is 11.1 Å². The number of ether oxygens (including phenoxy) is 1. The van der Waals surface area contributed by atoms with Gasteiger partial charge < -0.3 is 10.1 Å². The predicted octanol–water partition coefficient (Wildman–Crippen LogP) is 4.87. The zero-order valence-electron chi connectivity index (χ0n) is 16.2.